The van der Waals surface area contributed by atoms with Gasteiger partial charge in [-0.3, -0.25) is 4.79 Å². The molecular weight excluding hydrogens is 251 g/mol. The van der Waals surface area contributed by atoms with Crippen molar-refractivity contribution in [2.45, 2.75) is 12.8 Å². The average Bonchev–Trinajstić information content (AvgIpc) is 2.90. The normalized spacial score (nSPS) is 10.3. The second kappa shape index (κ2) is 6.31. The van der Waals surface area contributed by atoms with Gasteiger partial charge in [0, 0.05) is 6.42 Å². The Morgan fingerprint density at radius 2 is 2.06 bits per heavy atom. The summed E-state index contributed by atoms with van der Waals surface area (Å²) in [6.45, 7) is 0.345. The number of carbonyl (C=O) groups is 1. The monoisotopic (exact) mass is 264 g/mol. The summed E-state index contributed by atoms with van der Waals surface area (Å²) in [6.07, 6.45) is 1.01. The lowest BCUT2D eigenvalue weighted by molar-refractivity contribution is 0.0977. The molecule has 0 saturated heterocycles. The van der Waals surface area contributed by atoms with Crippen LogP contribution in [-0.4, -0.2) is 12.4 Å². The number of ketones is 1. The molecule has 0 atom stereocenters. The van der Waals surface area contributed by atoms with Crippen molar-refractivity contribution in [1.82, 2.24) is 0 Å². The van der Waals surface area contributed by atoms with Gasteiger partial charge >= 0.3 is 0 Å². The highest BCUT2D eigenvalue weighted by Crippen LogP contribution is 2.16. The standard InChI is InChI=1S/C14H13FO2S/c15-11-5-1-2-7-13(11)17-9-3-6-12(16)14-8-4-10-18-14/h1-2,4-5,7-8,10H,3,6,9H2. The summed E-state index contributed by atoms with van der Waals surface area (Å²) < 4.78 is 18.5. The van der Waals surface area contributed by atoms with Crippen LogP contribution in [0.15, 0.2) is 41.8 Å². The molecule has 2 aromatic rings. The van der Waals surface area contributed by atoms with Gasteiger partial charge in [0.2, 0.25) is 0 Å². The van der Waals surface area contributed by atoms with E-state index in [0.717, 1.165) is 4.88 Å². The Morgan fingerprint density at radius 1 is 1.22 bits per heavy atom. The Morgan fingerprint density at radius 3 is 2.78 bits per heavy atom. The topological polar surface area (TPSA) is 26.3 Å². The Hall–Kier alpha value is -1.68. The SMILES string of the molecule is O=C(CCCOc1ccccc1F)c1cccs1. The van der Waals surface area contributed by atoms with E-state index < -0.39 is 0 Å². The third-order valence-corrected chi connectivity index (χ3v) is 3.35. The van der Waals surface area contributed by atoms with Gasteiger partial charge in [0.15, 0.2) is 17.3 Å². The molecule has 0 saturated carbocycles. The van der Waals surface area contributed by atoms with E-state index in [9.17, 15) is 9.18 Å². The van der Waals surface area contributed by atoms with Gasteiger partial charge in [-0.25, -0.2) is 4.39 Å². The Kier molecular flexibility index (Phi) is 4.47. The lowest BCUT2D eigenvalue weighted by Crippen LogP contribution is -2.03. The molecule has 1 aromatic carbocycles. The lowest BCUT2D eigenvalue weighted by Gasteiger charge is -2.06. The molecule has 2 rings (SSSR count). The van der Waals surface area contributed by atoms with Crippen LogP contribution in [0.2, 0.25) is 0 Å². The molecule has 0 aliphatic carbocycles. The average molecular weight is 264 g/mol. The first-order chi connectivity index (χ1) is 8.77. The molecule has 18 heavy (non-hydrogen) atoms. The van der Waals surface area contributed by atoms with E-state index in [0.29, 0.717) is 19.4 Å². The number of rotatable bonds is 6. The van der Waals surface area contributed by atoms with Gasteiger partial charge in [-0.1, -0.05) is 18.2 Å². The minimum Gasteiger partial charge on any atom is -0.491 e. The molecule has 4 heteroatoms. The van der Waals surface area contributed by atoms with Gasteiger partial charge in [-0.05, 0) is 30.0 Å². The van der Waals surface area contributed by atoms with Crippen LogP contribution in [0.3, 0.4) is 0 Å². The van der Waals surface area contributed by atoms with Crippen molar-refractivity contribution in [2.24, 2.45) is 0 Å². The minimum atomic E-state index is -0.373. The third kappa shape index (κ3) is 3.40. The predicted molar refractivity (Wildman–Crippen MR) is 69.8 cm³/mol. The molecule has 1 aromatic heterocycles. The maximum atomic E-state index is 13.2. The van der Waals surface area contributed by atoms with Crippen molar-refractivity contribution >= 4 is 17.1 Å². The van der Waals surface area contributed by atoms with Crippen molar-refractivity contribution in [2.75, 3.05) is 6.61 Å². The van der Waals surface area contributed by atoms with Gasteiger partial charge in [0.1, 0.15) is 0 Å². The Balaban J connectivity index is 1.74. The number of halogens is 1. The summed E-state index contributed by atoms with van der Waals surface area (Å²) in [5.41, 5.74) is 0. The van der Waals surface area contributed by atoms with E-state index in [1.165, 1.54) is 17.4 Å². The summed E-state index contributed by atoms with van der Waals surface area (Å²) >= 11 is 1.44. The molecule has 0 N–H and O–H groups in total. The smallest absolute Gasteiger partial charge is 0.172 e. The number of hydrogen-bond acceptors (Lipinski definition) is 3. The number of benzene rings is 1. The van der Waals surface area contributed by atoms with E-state index in [1.54, 1.807) is 18.2 Å². The summed E-state index contributed by atoms with van der Waals surface area (Å²) in [4.78, 5) is 12.4. The second-order valence-electron chi connectivity index (χ2n) is 3.78. The van der Waals surface area contributed by atoms with Gasteiger partial charge in [-0.2, -0.15) is 0 Å². The Labute approximate surface area is 109 Å². The number of thiophene rings is 1. The van der Waals surface area contributed by atoms with Gasteiger partial charge in [0.25, 0.3) is 0 Å². The van der Waals surface area contributed by atoms with Crippen molar-refractivity contribution in [3.05, 3.63) is 52.5 Å². The quantitative estimate of drug-likeness (QED) is 0.583. The molecule has 0 fully saturated rings. The zero-order valence-electron chi connectivity index (χ0n) is 9.77. The summed E-state index contributed by atoms with van der Waals surface area (Å²) in [5.74, 6) is -0.0229. The molecule has 2 nitrogen and oxygen atoms in total. The Bertz CT molecular complexity index is 508. The zero-order valence-corrected chi connectivity index (χ0v) is 10.6. The molecule has 0 unspecified atom stereocenters. The lowest BCUT2D eigenvalue weighted by atomic mass is 10.2. The number of para-hydroxylation sites is 1. The number of Topliss-reactive ketones (excluding diaryl/α,β-unsaturated/α-hetero) is 1. The van der Waals surface area contributed by atoms with Gasteiger partial charge in [-0.15, -0.1) is 11.3 Å². The van der Waals surface area contributed by atoms with Crippen LogP contribution in [0.25, 0.3) is 0 Å². The van der Waals surface area contributed by atoms with Crippen LogP contribution in [-0.2, 0) is 0 Å². The van der Waals surface area contributed by atoms with Crippen molar-refractivity contribution in [3.63, 3.8) is 0 Å². The summed E-state index contributed by atoms with van der Waals surface area (Å²) in [5, 5.41) is 1.88. The fourth-order valence-corrected chi connectivity index (χ4v) is 2.23. The van der Waals surface area contributed by atoms with E-state index >= 15 is 0 Å². The molecule has 1 heterocycles. The molecule has 94 valence electrons. The highest BCUT2D eigenvalue weighted by molar-refractivity contribution is 7.12. The van der Waals surface area contributed by atoms with Crippen LogP contribution in [0, 0.1) is 5.82 Å². The first kappa shape index (κ1) is 12.8. The zero-order chi connectivity index (χ0) is 12.8. The van der Waals surface area contributed by atoms with Gasteiger partial charge in [0.05, 0.1) is 11.5 Å². The van der Waals surface area contributed by atoms with E-state index in [2.05, 4.69) is 0 Å². The maximum absolute atomic E-state index is 13.2. The van der Waals surface area contributed by atoms with Crippen molar-refractivity contribution < 1.29 is 13.9 Å². The fourth-order valence-electron chi connectivity index (χ4n) is 1.54. The van der Waals surface area contributed by atoms with Crippen LogP contribution < -0.4 is 4.74 Å². The predicted octanol–water partition coefficient (Wildman–Crippen LogP) is 3.93. The highest BCUT2D eigenvalue weighted by Gasteiger charge is 2.07. The molecule has 0 bridgehead atoms. The van der Waals surface area contributed by atoms with E-state index in [-0.39, 0.29) is 17.3 Å². The van der Waals surface area contributed by atoms with Crippen LogP contribution in [0.1, 0.15) is 22.5 Å². The highest BCUT2D eigenvalue weighted by atomic mass is 32.1. The van der Waals surface area contributed by atoms with Crippen molar-refractivity contribution in [1.29, 1.82) is 0 Å². The summed E-state index contributed by atoms with van der Waals surface area (Å²) in [7, 11) is 0. The van der Waals surface area contributed by atoms with Crippen LogP contribution in [0.4, 0.5) is 4.39 Å². The van der Waals surface area contributed by atoms with Crippen molar-refractivity contribution in [3.8, 4) is 5.75 Å². The van der Waals surface area contributed by atoms with Crippen LogP contribution >= 0.6 is 11.3 Å². The van der Waals surface area contributed by atoms with Gasteiger partial charge < -0.3 is 4.74 Å². The minimum absolute atomic E-state index is 0.113. The van der Waals surface area contributed by atoms with Crippen LogP contribution in [0.5, 0.6) is 5.75 Å². The maximum Gasteiger partial charge on any atom is 0.172 e. The molecule has 0 radical (unpaired) electrons. The molecule has 0 aliphatic heterocycles. The molecule has 0 aliphatic rings. The molecular formula is C14H13FO2S. The first-order valence-electron chi connectivity index (χ1n) is 5.71. The number of carbonyl (C=O) groups excluding carboxylic acids is 1. The molecule has 0 amide bonds. The third-order valence-electron chi connectivity index (χ3n) is 2.44. The van der Waals surface area contributed by atoms with E-state index in [4.69, 9.17) is 4.74 Å². The number of hydrogen-bond donors (Lipinski definition) is 0. The number of ether oxygens (including phenoxy) is 1. The van der Waals surface area contributed by atoms with E-state index in [1.807, 2.05) is 17.5 Å². The summed E-state index contributed by atoms with van der Waals surface area (Å²) in [6, 6.07) is 9.93. The fraction of sp³-hybridized carbons (Fsp3) is 0.214. The molecule has 0 spiro atoms. The second-order valence-corrected chi connectivity index (χ2v) is 4.73. The largest absolute Gasteiger partial charge is 0.491 e. The first-order valence-corrected chi connectivity index (χ1v) is 6.59.